The first-order valence-corrected chi connectivity index (χ1v) is 9.32. The van der Waals surface area contributed by atoms with Crippen LogP contribution in [-0.4, -0.2) is 26.5 Å². The van der Waals surface area contributed by atoms with Crippen LogP contribution >= 0.6 is 11.3 Å². The van der Waals surface area contributed by atoms with Crippen LogP contribution in [0.1, 0.15) is 42.8 Å². The van der Waals surface area contributed by atoms with Gasteiger partial charge in [0.15, 0.2) is 15.6 Å². The minimum Gasteiger partial charge on any atom is -0.396 e. The first kappa shape index (κ1) is 15.3. The molecule has 0 saturated heterocycles. The number of nitrogen functional groups attached to an aromatic ring is 1. The van der Waals surface area contributed by atoms with E-state index in [0.717, 1.165) is 19.3 Å². The van der Waals surface area contributed by atoms with Gasteiger partial charge in [0, 0.05) is 12.5 Å². The zero-order valence-corrected chi connectivity index (χ0v) is 13.4. The number of hydrogen-bond acceptors (Lipinski definition) is 6. The summed E-state index contributed by atoms with van der Waals surface area (Å²) in [6, 6.07) is 0. The number of carbonyl (C=O) groups is 1. The molecule has 0 aliphatic heterocycles. The molecule has 0 amide bonds. The number of ketones is 1. The normalized spacial score (nSPS) is 15.3. The summed E-state index contributed by atoms with van der Waals surface area (Å²) in [5.74, 6) is 0.00275. The second-order valence-corrected chi connectivity index (χ2v) is 8.21. The minimum absolute atomic E-state index is 0.00963. The summed E-state index contributed by atoms with van der Waals surface area (Å²) in [6.07, 6.45) is 2.63. The van der Waals surface area contributed by atoms with Gasteiger partial charge < -0.3 is 11.1 Å². The van der Waals surface area contributed by atoms with Crippen molar-refractivity contribution in [3.8, 4) is 0 Å². The van der Waals surface area contributed by atoms with E-state index in [1.54, 1.807) is 6.92 Å². The zero-order chi connectivity index (χ0) is 14.9. The van der Waals surface area contributed by atoms with Gasteiger partial charge in [-0.05, 0) is 19.3 Å². The van der Waals surface area contributed by atoms with Gasteiger partial charge in [-0.1, -0.05) is 13.8 Å². The Bertz CT molecular complexity index is 616. The van der Waals surface area contributed by atoms with Gasteiger partial charge in [0.25, 0.3) is 0 Å². The van der Waals surface area contributed by atoms with Crippen molar-refractivity contribution in [2.75, 3.05) is 23.3 Å². The molecule has 0 aromatic carbocycles. The molecule has 3 N–H and O–H groups in total. The van der Waals surface area contributed by atoms with Gasteiger partial charge in [0.1, 0.15) is 9.90 Å². The van der Waals surface area contributed by atoms with Gasteiger partial charge in [-0.15, -0.1) is 11.3 Å². The van der Waals surface area contributed by atoms with Gasteiger partial charge in [-0.25, -0.2) is 8.42 Å². The fraction of sp³-hybridized carbons (Fsp3) is 0.615. The van der Waals surface area contributed by atoms with E-state index < -0.39 is 9.84 Å². The summed E-state index contributed by atoms with van der Waals surface area (Å²) in [5.41, 5.74) is 6.11. The van der Waals surface area contributed by atoms with Crippen LogP contribution in [-0.2, 0) is 9.84 Å². The molecule has 0 atom stereocenters. The molecule has 7 heteroatoms. The maximum Gasteiger partial charge on any atom is 0.183 e. The van der Waals surface area contributed by atoms with Crippen molar-refractivity contribution in [1.29, 1.82) is 0 Å². The predicted molar refractivity (Wildman–Crippen MR) is 82.3 cm³/mol. The lowest BCUT2D eigenvalue weighted by atomic mass is 10.2. The van der Waals surface area contributed by atoms with Crippen LogP contribution in [0.3, 0.4) is 0 Å². The van der Waals surface area contributed by atoms with Gasteiger partial charge >= 0.3 is 0 Å². The fourth-order valence-corrected chi connectivity index (χ4v) is 4.66. The van der Waals surface area contributed by atoms with Gasteiger partial charge in [0.05, 0.1) is 16.3 Å². The van der Waals surface area contributed by atoms with E-state index in [1.165, 1.54) is 11.3 Å². The lowest BCUT2D eigenvalue weighted by molar-refractivity contribution is 0.0972. The Morgan fingerprint density at radius 2 is 2.05 bits per heavy atom. The van der Waals surface area contributed by atoms with Crippen LogP contribution in [0.25, 0.3) is 0 Å². The number of nitrogens with one attached hydrogen (secondary N) is 1. The average molecular weight is 316 g/mol. The summed E-state index contributed by atoms with van der Waals surface area (Å²) in [5, 5.41) is 3.60. The molecule has 1 heterocycles. The van der Waals surface area contributed by atoms with E-state index >= 15 is 0 Å². The SMILES string of the molecule is CCCNc1sc(C(=O)C2CC2)c(N)c1S(=O)(=O)CC. The van der Waals surface area contributed by atoms with E-state index in [0.29, 0.717) is 16.4 Å². The molecule has 1 aliphatic rings. The Balaban J connectivity index is 2.48. The number of anilines is 2. The molecule has 112 valence electrons. The molecule has 0 bridgehead atoms. The fourth-order valence-electron chi connectivity index (χ4n) is 1.95. The molecule has 5 nitrogen and oxygen atoms in total. The van der Waals surface area contributed by atoms with E-state index in [1.807, 2.05) is 6.92 Å². The van der Waals surface area contributed by atoms with Crippen LogP contribution in [0.5, 0.6) is 0 Å². The van der Waals surface area contributed by atoms with E-state index in [-0.39, 0.29) is 28.0 Å². The van der Waals surface area contributed by atoms with Gasteiger partial charge in [-0.2, -0.15) is 0 Å². The second-order valence-electron chi connectivity index (χ2n) is 4.97. The number of hydrogen-bond donors (Lipinski definition) is 2. The minimum atomic E-state index is -3.44. The van der Waals surface area contributed by atoms with Crippen LogP contribution in [0.4, 0.5) is 10.7 Å². The highest BCUT2D eigenvalue weighted by Crippen LogP contribution is 2.44. The summed E-state index contributed by atoms with van der Waals surface area (Å²) < 4.78 is 24.4. The van der Waals surface area contributed by atoms with Crippen molar-refractivity contribution in [2.24, 2.45) is 5.92 Å². The summed E-state index contributed by atoms with van der Waals surface area (Å²) in [4.78, 5) is 12.7. The van der Waals surface area contributed by atoms with Crippen molar-refractivity contribution in [3.63, 3.8) is 0 Å². The first-order valence-electron chi connectivity index (χ1n) is 6.85. The molecule has 1 saturated carbocycles. The molecule has 2 rings (SSSR count). The Hall–Kier alpha value is -1.08. The Morgan fingerprint density at radius 3 is 2.55 bits per heavy atom. The van der Waals surface area contributed by atoms with Crippen LogP contribution in [0.2, 0.25) is 0 Å². The number of thiophene rings is 1. The Morgan fingerprint density at radius 1 is 1.40 bits per heavy atom. The highest BCUT2D eigenvalue weighted by atomic mass is 32.2. The number of rotatable bonds is 7. The second kappa shape index (κ2) is 5.73. The van der Waals surface area contributed by atoms with Crippen molar-refractivity contribution < 1.29 is 13.2 Å². The third-order valence-corrected chi connectivity index (χ3v) is 6.41. The molecule has 1 aromatic rings. The predicted octanol–water partition coefficient (Wildman–Crippen LogP) is 2.54. The number of nitrogens with two attached hydrogens (primary N) is 1. The highest BCUT2D eigenvalue weighted by Gasteiger charge is 2.36. The van der Waals surface area contributed by atoms with E-state index in [2.05, 4.69) is 5.32 Å². The van der Waals surface area contributed by atoms with Crippen molar-refractivity contribution in [2.45, 2.75) is 38.0 Å². The number of Topliss-reactive ketones (excluding diaryl/α,β-unsaturated/α-hetero) is 1. The largest absolute Gasteiger partial charge is 0.396 e. The molecule has 0 unspecified atom stereocenters. The maximum absolute atomic E-state index is 12.2. The lowest BCUT2D eigenvalue weighted by Crippen LogP contribution is -2.10. The van der Waals surface area contributed by atoms with E-state index in [9.17, 15) is 13.2 Å². The molecule has 1 aromatic heterocycles. The Kier molecular flexibility index (Phi) is 4.39. The highest BCUT2D eigenvalue weighted by molar-refractivity contribution is 7.91. The van der Waals surface area contributed by atoms with Crippen LogP contribution < -0.4 is 11.1 Å². The quantitative estimate of drug-likeness (QED) is 0.755. The maximum atomic E-state index is 12.2. The zero-order valence-electron chi connectivity index (χ0n) is 11.7. The molecular formula is C13H20N2O3S2. The van der Waals surface area contributed by atoms with Gasteiger partial charge in [0.2, 0.25) is 0 Å². The van der Waals surface area contributed by atoms with Gasteiger partial charge in [-0.3, -0.25) is 4.79 Å². The third-order valence-electron chi connectivity index (χ3n) is 3.30. The summed E-state index contributed by atoms with van der Waals surface area (Å²) in [7, 11) is -3.44. The molecule has 1 fully saturated rings. The topological polar surface area (TPSA) is 89.3 Å². The standard InChI is InChI=1S/C13H20N2O3S2/c1-3-7-15-13-12(20(17,18)4-2)9(14)11(19-13)10(16)8-5-6-8/h8,15H,3-7,14H2,1-2H3. The van der Waals surface area contributed by atoms with Crippen LogP contribution in [0, 0.1) is 5.92 Å². The van der Waals surface area contributed by atoms with Crippen molar-refractivity contribution >= 4 is 37.6 Å². The van der Waals surface area contributed by atoms with E-state index in [4.69, 9.17) is 5.73 Å². The third kappa shape index (κ3) is 2.83. The molecule has 0 radical (unpaired) electrons. The number of carbonyl (C=O) groups excluding carboxylic acids is 1. The van der Waals surface area contributed by atoms with Crippen molar-refractivity contribution in [1.82, 2.24) is 0 Å². The Labute approximate surface area is 123 Å². The monoisotopic (exact) mass is 316 g/mol. The smallest absolute Gasteiger partial charge is 0.183 e. The van der Waals surface area contributed by atoms with Crippen molar-refractivity contribution in [3.05, 3.63) is 4.88 Å². The lowest BCUT2D eigenvalue weighted by Gasteiger charge is -2.06. The molecule has 20 heavy (non-hydrogen) atoms. The first-order chi connectivity index (χ1) is 9.42. The summed E-state index contributed by atoms with van der Waals surface area (Å²) >= 11 is 1.18. The molecular weight excluding hydrogens is 296 g/mol. The van der Waals surface area contributed by atoms with Crippen LogP contribution in [0.15, 0.2) is 4.90 Å². The average Bonchev–Trinajstić information content (AvgIpc) is 3.20. The summed E-state index contributed by atoms with van der Waals surface area (Å²) in [6.45, 7) is 4.23. The molecule has 0 spiro atoms. The number of sulfone groups is 1. The molecule has 1 aliphatic carbocycles.